The van der Waals surface area contributed by atoms with Crippen LogP contribution in [0.25, 0.3) is 0 Å². The summed E-state index contributed by atoms with van der Waals surface area (Å²) < 4.78 is 29.6. The van der Waals surface area contributed by atoms with E-state index < -0.39 is 45.3 Å². The van der Waals surface area contributed by atoms with Gasteiger partial charge in [0.1, 0.15) is 22.8 Å². The Morgan fingerprint density at radius 2 is 1.95 bits per heavy atom. The number of benzene rings is 1. The molecular weight excluding hydrogens is 586 g/mol. The number of carboxylic acids is 1. The Morgan fingerprint density at radius 1 is 1.30 bits per heavy atom. The number of nitrogen functional groups attached to an aromatic ring is 1. The minimum Gasteiger partial charge on any atom is -0.477 e. The fraction of sp³-hybridized carbons (Fsp3) is 0.217. The number of thiazole rings is 1. The highest BCUT2D eigenvalue weighted by atomic mass is 32.2. The van der Waals surface area contributed by atoms with E-state index in [1.165, 1.54) is 35.4 Å². The lowest BCUT2D eigenvalue weighted by atomic mass is 10.0. The van der Waals surface area contributed by atoms with Gasteiger partial charge >= 0.3 is 11.9 Å². The van der Waals surface area contributed by atoms with Crippen LogP contribution in [0.1, 0.15) is 18.2 Å². The molecular formula is C23H23N5O9S3. The van der Waals surface area contributed by atoms with Crippen LogP contribution in [-0.4, -0.2) is 74.6 Å². The van der Waals surface area contributed by atoms with Crippen molar-refractivity contribution in [2.24, 2.45) is 5.16 Å². The number of allylic oxidation sites excluding steroid dienone is 1. The summed E-state index contributed by atoms with van der Waals surface area (Å²) in [5, 5.41) is 16.5. The van der Waals surface area contributed by atoms with Gasteiger partial charge in [0.2, 0.25) is 0 Å². The molecule has 17 heteroatoms. The Balaban J connectivity index is 0.000000336. The number of carboxylic acid groups (broad SMARTS) is 1. The number of aryl methyl sites for hydroxylation is 1. The summed E-state index contributed by atoms with van der Waals surface area (Å²) in [6, 6.07) is 5.01. The van der Waals surface area contributed by atoms with E-state index in [1.807, 2.05) is 6.92 Å². The second kappa shape index (κ2) is 12.4. The normalized spacial score (nSPS) is 18.5. The highest BCUT2D eigenvalue weighted by Crippen LogP contribution is 2.40. The number of carbonyl (C=O) groups excluding carboxylic acids is 3. The second-order valence-electron chi connectivity index (χ2n) is 8.13. The Morgan fingerprint density at radius 3 is 2.45 bits per heavy atom. The molecule has 1 fully saturated rings. The van der Waals surface area contributed by atoms with Crippen molar-refractivity contribution in [3.8, 4) is 0 Å². The van der Waals surface area contributed by atoms with Crippen LogP contribution in [0, 0.1) is 6.92 Å². The molecule has 5 N–H and O–H groups in total. The first-order valence-electron chi connectivity index (χ1n) is 11.1. The van der Waals surface area contributed by atoms with Gasteiger partial charge in [-0.3, -0.25) is 19.0 Å². The molecule has 0 bridgehead atoms. The molecule has 4 rings (SSSR count). The van der Waals surface area contributed by atoms with Gasteiger partial charge < -0.3 is 21.0 Å². The van der Waals surface area contributed by atoms with Gasteiger partial charge in [0.25, 0.3) is 21.9 Å². The maximum Gasteiger partial charge on any atom is 0.352 e. The topological polar surface area (TPSA) is 219 Å². The number of nitrogens with two attached hydrogens (primary N) is 1. The molecule has 0 aliphatic carbocycles. The molecule has 40 heavy (non-hydrogen) atoms. The number of anilines is 1. The summed E-state index contributed by atoms with van der Waals surface area (Å²) in [6.07, 6.45) is 1.39. The summed E-state index contributed by atoms with van der Waals surface area (Å²) in [4.78, 5) is 57.4. The SMILES string of the molecule is C=CC1=C(C(=O)O)N2C(=O)C(NC(=O)C(=NOC(C)=O)c3csc(N)n3)[C@@H]2SC1.Cc1ccc(S(=O)(=O)O)cc1. The number of amides is 2. The summed E-state index contributed by atoms with van der Waals surface area (Å²) in [5.74, 6) is -3.08. The number of aliphatic carboxylic acids is 1. The smallest absolute Gasteiger partial charge is 0.352 e. The van der Waals surface area contributed by atoms with Gasteiger partial charge in [0.15, 0.2) is 10.8 Å². The number of aromatic nitrogens is 1. The molecule has 0 radical (unpaired) electrons. The molecule has 1 aromatic heterocycles. The maximum absolute atomic E-state index is 12.7. The number of carbonyl (C=O) groups is 4. The predicted molar refractivity (Wildman–Crippen MR) is 146 cm³/mol. The average Bonchev–Trinajstić information content (AvgIpc) is 3.31. The van der Waals surface area contributed by atoms with Crippen LogP contribution in [0.4, 0.5) is 5.13 Å². The maximum atomic E-state index is 12.7. The summed E-state index contributed by atoms with van der Waals surface area (Å²) in [5.41, 5.74) is 6.54. The largest absolute Gasteiger partial charge is 0.477 e. The van der Waals surface area contributed by atoms with Crippen molar-refractivity contribution in [2.45, 2.75) is 30.2 Å². The number of β-lactam (4-membered cyclic amide) rings is 1. The Labute approximate surface area is 236 Å². The van der Waals surface area contributed by atoms with E-state index in [9.17, 15) is 32.7 Å². The number of nitrogens with zero attached hydrogens (tertiary/aromatic N) is 3. The van der Waals surface area contributed by atoms with Crippen molar-refractivity contribution >= 4 is 67.8 Å². The number of hydrogen-bond donors (Lipinski definition) is 4. The van der Waals surface area contributed by atoms with E-state index in [0.717, 1.165) is 28.7 Å². The van der Waals surface area contributed by atoms with Gasteiger partial charge in [-0.2, -0.15) is 8.42 Å². The molecule has 2 aromatic rings. The van der Waals surface area contributed by atoms with E-state index in [-0.39, 0.29) is 27.1 Å². The molecule has 2 aliphatic heterocycles. The molecule has 1 unspecified atom stereocenters. The fourth-order valence-electron chi connectivity index (χ4n) is 3.43. The quantitative estimate of drug-likeness (QED) is 0.114. The van der Waals surface area contributed by atoms with Crippen molar-refractivity contribution < 1.29 is 42.1 Å². The van der Waals surface area contributed by atoms with E-state index in [2.05, 4.69) is 26.9 Å². The zero-order valence-corrected chi connectivity index (χ0v) is 23.4. The van der Waals surface area contributed by atoms with Crippen molar-refractivity contribution in [1.29, 1.82) is 0 Å². The van der Waals surface area contributed by atoms with E-state index >= 15 is 0 Å². The van der Waals surface area contributed by atoms with Crippen LogP contribution in [-0.2, 0) is 34.1 Å². The number of fused-ring (bicyclic) bond motifs is 1. The van der Waals surface area contributed by atoms with Gasteiger partial charge in [-0.05, 0) is 24.6 Å². The molecule has 1 saturated heterocycles. The second-order valence-corrected chi connectivity index (χ2v) is 11.5. The molecule has 3 heterocycles. The number of thioether (sulfide) groups is 1. The lowest BCUT2D eigenvalue weighted by Crippen LogP contribution is -2.71. The van der Waals surface area contributed by atoms with Gasteiger partial charge in [-0.15, -0.1) is 23.1 Å². The molecule has 2 aliphatic rings. The fourth-order valence-corrected chi connectivity index (χ4v) is 5.80. The molecule has 1 aromatic carbocycles. The van der Waals surface area contributed by atoms with Crippen molar-refractivity contribution in [2.75, 3.05) is 11.5 Å². The Hall–Kier alpha value is -4.06. The zero-order valence-electron chi connectivity index (χ0n) is 20.9. The van der Waals surface area contributed by atoms with Crippen LogP contribution < -0.4 is 11.1 Å². The zero-order chi connectivity index (χ0) is 29.8. The first-order chi connectivity index (χ1) is 18.7. The molecule has 14 nitrogen and oxygen atoms in total. The summed E-state index contributed by atoms with van der Waals surface area (Å²) in [6.45, 7) is 6.52. The third-order valence-electron chi connectivity index (χ3n) is 5.30. The van der Waals surface area contributed by atoms with Gasteiger partial charge in [-0.25, -0.2) is 14.6 Å². The van der Waals surface area contributed by atoms with Crippen LogP contribution >= 0.6 is 23.1 Å². The van der Waals surface area contributed by atoms with Crippen LogP contribution in [0.2, 0.25) is 0 Å². The highest BCUT2D eigenvalue weighted by Gasteiger charge is 2.54. The Kier molecular flexibility index (Phi) is 9.46. The lowest BCUT2D eigenvalue weighted by Gasteiger charge is -2.49. The minimum absolute atomic E-state index is 0.0666. The molecule has 0 spiro atoms. The standard InChI is InChI=1S/C16H15N5O6S2.C7H8O3S/c1-3-7-4-28-14-10(13(24)21(14)11(7)15(25)26)19-12(23)9(20-27-6(2)22)8-5-29-16(17)18-8;1-6-2-4-7(5-3-6)11(8,9)10/h3,5,10,14H,1,4H2,2H3,(H2,17,18)(H,19,23)(H,25,26);2-5H,1H3,(H,8,9,10)/t10?,14-;/m0./s1. The molecule has 2 amide bonds. The van der Waals surface area contributed by atoms with Crippen molar-refractivity contribution in [3.63, 3.8) is 0 Å². The molecule has 2 atom stereocenters. The average molecular weight is 610 g/mol. The summed E-state index contributed by atoms with van der Waals surface area (Å²) >= 11 is 2.34. The van der Waals surface area contributed by atoms with Crippen molar-refractivity contribution in [1.82, 2.24) is 15.2 Å². The third kappa shape index (κ3) is 6.92. The lowest BCUT2D eigenvalue weighted by molar-refractivity contribution is -0.150. The van der Waals surface area contributed by atoms with Crippen molar-refractivity contribution in [3.05, 3.63) is 64.8 Å². The number of oxime groups is 1. The van der Waals surface area contributed by atoms with Crippen LogP contribution in [0.5, 0.6) is 0 Å². The summed E-state index contributed by atoms with van der Waals surface area (Å²) in [7, 11) is -4.02. The van der Waals surface area contributed by atoms with E-state index in [4.69, 9.17) is 10.3 Å². The Bertz CT molecular complexity index is 1530. The predicted octanol–water partition coefficient (Wildman–Crippen LogP) is 1.16. The monoisotopic (exact) mass is 609 g/mol. The highest BCUT2D eigenvalue weighted by molar-refractivity contribution is 8.00. The number of rotatable bonds is 7. The van der Waals surface area contributed by atoms with Gasteiger partial charge in [0, 0.05) is 18.1 Å². The molecule has 212 valence electrons. The van der Waals surface area contributed by atoms with Crippen LogP contribution in [0.15, 0.2) is 63.6 Å². The van der Waals surface area contributed by atoms with E-state index in [1.54, 1.807) is 12.1 Å². The number of hydrogen-bond acceptors (Lipinski definition) is 12. The van der Waals surface area contributed by atoms with Gasteiger partial charge in [-0.1, -0.05) is 35.5 Å². The first kappa shape index (κ1) is 30.5. The van der Waals surface area contributed by atoms with Crippen LogP contribution in [0.3, 0.4) is 0 Å². The van der Waals surface area contributed by atoms with E-state index in [0.29, 0.717) is 11.3 Å². The third-order valence-corrected chi connectivity index (χ3v) is 8.14. The minimum atomic E-state index is -4.02. The first-order valence-corrected chi connectivity index (χ1v) is 14.5. The van der Waals surface area contributed by atoms with Gasteiger partial charge in [0.05, 0.1) is 4.90 Å². The molecule has 0 saturated carbocycles. The number of nitrogens with one attached hydrogen (secondary N) is 1.